The van der Waals surface area contributed by atoms with Crippen molar-refractivity contribution in [2.45, 2.75) is 62.9 Å². The van der Waals surface area contributed by atoms with Crippen molar-refractivity contribution in [3.05, 3.63) is 0 Å². The van der Waals surface area contributed by atoms with E-state index in [1.165, 1.54) is 0 Å². The molecular formula is C14H18O5. The molecule has 0 aromatic heterocycles. The Morgan fingerprint density at radius 3 is 1.63 bits per heavy atom. The maximum atomic E-state index is 12.0. The number of fused-ring (bicyclic) bond motifs is 2. The lowest BCUT2D eigenvalue weighted by Gasteiger charge is -2.20. The van der Waals surface area contributed by atoms with Crippen LogP contribution in [-0.4, -0.2) is 36.4 Å². The second-order valence-electron chi connectivity index (χ2n) is 6.19. The van der Waals surface area contributed by atoms with E-state index in [0.717, 1.165) is 38.5 Å². The standard InChI is InChI=1S/C14H18O5/c15-13(7-1-3-9-11(5-7)17-9)19-14(16)8-2-4-10-12(6-8)18-10/h7-12H,1-6H2. The van der Waals surface area contributed by atoms with Crippen molar-refractivity contribution in [1.82, 2.24) is 0 Å². The Bertz CT molecular complexity index is 382. The molecular weight excluding hydrogens is 248 g/mol. The van der Waals surface area contributed by atoms with Crippen molar-refractivity contribution in [1.29, 1.82) is 0 Å². The van der Waals surface area contributed by atoms with Gasteiger partial charge in [0.2, 0.25) is 0 Å². The fourth-order valence-electron chi connectivity index (χ4n) is 3.50. The number of carbonyl (C=O) groups is 2. The molecule has 0 N–H and O–H groups in total. The van der Waals surface area contributed by atoms with Crippen molar-refractivity contribution in [3.8, 4) is 0 Å². The van der Waals surface area contributed by atoms with Gasteiger partial charge in [0.15, 0.2) is 0 Å². The smallest absolute Gasteiger partial charge is 0.316 e. The van der Waals surface area contributed by atoms with E-state index in [4.69, 9.17) is 14.2 Å². The minimum absolute atomic E-state index is 0.152. The third-order valence-corrected chi connectivity index (χ3v) is 4.88. The maximum Gasteiger partial charge on any atom is 0.316 e. The Hall–Kier alpha value is -0.940. The van der Waals surface area contributed by atoms with E-state index >= 15 is 0 Å². The molecule has 6 unspecified atom stereocenters. The fourth-order valence-corrected chi connectivity index (χ4v) is 3.50. The van der Waals surface area contributed by atoms with Gasteiger partial charge < -0.3 is 14.2 Å². The predicted molar refractivity (Wildman–Crippen MR) is 63.1 cm³/mol. The Balaban J connectivity index is 1.30. The molecule has 0 aromatic rings. The second kappa shape index (κ2) is 4.28. The van der Waals surface area contributed by atoms with Gasteiger partial charge in [-0.05, 0) is 38.5 Å². The summed E-state index contributed by atoms with van der Waals surface area (Å²) in [6, 6.07) is 0. The highest BCUT2D eigenvalue weighted by Crippen LogP contribution is 2.41. The molecule has 5 heteroatoms. The molecule has 4 rings (SSSR count). The minimum Gasteiger partial charge on any atom is -0.393 e. The Kier molecular flexibility index (Phi) is 2.67. The molecule has 4 fully saturated rings. The number of carbonyl (C=O) groups excluding carboxylic acids is 2. The first-order valence-corrected chi connectivity index (χ1v) is 7.27. The molecule has 2 saturated carbocycles. The lowest BCUT2D eigenvalue weighted by molar-refractivity contribution is -0.166. The summed E-state index contributed by atoms with van der Waals surface area (Å²) >= 11 is 0. The molecule has 0 aromatic carbocycles. The van der Waals surface area contributed by atoms with Crippen LogP contribution in [-0.2, 0) is 23.8 Å². The largest absolute Gasteiger partial charge is 0.393 e. The van der Waals surface area contributed by atoms with Crippen LogP contribution in [0.3, 0.4) is 0 Å². The monoisotopic (exact) mass is 266 g/mol. The zero-order valence-electron chi connectivity index (χ0n) is 10.7. The second-order valence-corrected chi connectivity index (χ2v) is 6.19. The van der Waals surface area contributed by atoms with E-state index in [-0.39, 0.29) is 36.0 Å². The van der Waals surface area contributed by atoms with E-state index in [9.17, 15) is 9.59 Å². The molecule has 0 bridgehead atoms. The average molecular weight is 266 g/mol. The molecule has 4 aliphatic rings. The maximum absolute atomic E-state index is 12.0. The first-order chi connectivity index (χ1) is 9.20. The van der Waals surface area contributed by atoms with Crippen molar-refractivity contribution < 1.29 is 23.8 Å². The van der Waals surface area contributed by atoms with Gasteiger partial charge in [-0.15, -0.1) is 0 Å². The highest BCUT2D eigenvalue weighted by molar-refractivity contribution is 5.88. The Morgan fingerprint density at radius 1 is 0.737 bits per heavy atom. The number of ether oxygens (including phenoxy) is 3. The van der Waals surface area contributed by atoms with Crippen LogP contribution >= 0.6 is 0 Å². The van der Waals surface area contributed by atoms with Crippen LogP contribution in [0.4, 0.5) is 0 Å². The van der Waals surface area contributed by atoms with Crippen LogP contribution < -0.4 is 0 Å². The van der Waals surface area contributed by atoms with Gasteiger partial charge in [-0.3, -0.25) is 9.59 Å². The quantitative estimate of drug-likeness (QED) is 0.426. The van der Waals surface area contributed by atoms with Crippen molar-refractivity contribution in [2.24, 2.45) is 11.8 Å². The van der Waals surface area contributed by atoms with Crippen molar-refractivity contribution in [2.75, 3.05) is 0 Å². The summed E-state index contributed by atoms with van der Waals surface area (Å²) in [5.41, 5.74) is 0. The van der Waals surface area contributed by atoms with E-state index in [0.29, 0.717) is 12.2 Å². The van der Waals surface area contributed by atoms with Crippen molar-refractivity contribution in [3.63, 3.8) is 0 Å². The third-order valence-electron chi connectivity index (χ3n) is 4.88. The lowest BCUT2D eigenvalue weighted by Crippen LogP contribution is -2.30. The van der Waals surface area contributed by atoms with Gasteiger partial charge in [-0.1, -0.05) is 0 Å². The van der Waals surface area contributed by atoms with Crippen LogP contribution in [0.5, 0.6) is 0 Å². The summed E-state index contributed by atoms with van der Waals surface area (Å²) < 4.78 is 15.9. The zero-order chi connectivity index (χ0) is 13.0. The molecule has 0 spiro atoms. The summed E-state index contributed by atoms with van der Waals surface area (Å²) in [6.45, 7) is 0. The number of esters is 2. The number of hydrogen-bond donors (Lipinski definition) is 0. The van der Waals surface area contributed by atoms with E-state index in [1.54, 1.807) is 0 Å². The summed E-state index contributed by atoms with van der Waals surface area (Å²) in [6.07, 6.45) is 6.03. The van der Waals surface area contributed by atoms with Crippen LogP contribution in [0.15, 0.2) is 0 Å². The summed E-state index contributed by atoms with van der Waals surface area (Å²) in [4.78, 5) is 24.0. The topological polar surface area (TPSA) is 68.4 Å². The van der Waals surface area contributed by atoms with Gasteiger partial charge in [0.05, 0.1) is 36.3 Å². The van der Waals surface area contributed by atoms with Gasteiger partial charge in [0.1, 0.15) is 0 Å². The van der Waals surface area contributed by atoms with Crippen LogP contribution in [0.2, 0.25) is 0 Å². The molecule has 0 radical (unpaired) electrons. The van der Waals surface area contributed by atoms with Gasteiger partial charge >= 0.3 is 11.9 Å². The Labute approximate surface area is 111 Å². The van der Waals surface area contributed by atoms with Crippen LogP contribution in [0.25, 0.3) is 0 Å². The SMILES string of the molecule is O=C(OC(=O)C1CCC2OC2C1)C1CCC2OC2C1. The summed E-state index contributed by atoms with van der Waals surface area (Å²) in [5, 5.41) is 0. The molecule has 2 heterocycles. The van der Waals surface area contributed by atoms with E-state index in [2.05, 4.69) is 0 Å². The molecule has 2 saturated heterocycles. The molecule has 5 nitrogen and oxygen atoms in total. The molecule has 0 amide bonds. The molecule has 2 aliphatic heterocycles. The van der Waals surface area contributed by atoms with Gasteiger partial charge in [0.25, 0.3) is 0 Å². The average Bonchev–Trinajstić information content (AvgIpc) is 3.30. The van der Waals surface area contributed by atoms with Crippen LogP contribution in [0, 0.1) is 11.8 Å². The van der Waals surface area contributed by atoms with E-state index in [1.807, 2.05) is 0 Å². The normalized spacial score (nSPS) is 46.7. The van der Waals surface area contributed by atoms with Gasteiger partial charge in [-0.2, -0.15) is 0 Å². The van der Waals surface area contributed by atoms with E-state index < -0.39 is 0 Å². The lowest BCUT2D eigenvalue weighted by atomic mass is 9.88. The molecule has 6 atom stereocenters. The van der Waals surface area contributed by atoms with Gasteiger partial charge in [0, 0.05) is 0 Å². The summed E-state index contributed by atoms with van der Waals surface area (Å²) in [5.74, 6) is -1.00. The Morgan fingerprint density at radius 2 is 1.21 bits per heavy atom. The number of hydrogen-bond acceptors (Lipinski definition) is 5. The number of rotatable bonds is 2. The first kappa shape index (κ1) is 11.9. The zero-order valence-corrected chi connectivity index (χ0v) is 10.7. The highest BCUT2D eigenvalue weighted by atomic mass is 16.6. The number of epoxide rings is 2. The summed E-state index contributed by atoms with van der Waals surface area (Å²) in [7, 11) is 0. The van der Waals surface area contributed by atoms with Crippen molar-refractivity contribution >= 4 is 11.9 Å². The minimum atomic E-state index is -0.349. The molecule has 104 valence electrons. The predicted octanol–water partition coefficient (Wildman–Crippen LogP) is 1.19. The molecule has 19 heavy (non-hydrogen) atoms. The molecule has 2 aliphatic carbocycles. The third kappa shape index (κ3) is 2.30. The first-order valence-electron chi connectivity index (χ1n) is 7.27. The highest BCUT2D eigenvalue weighted by Gasteiger charge is 2.48. The fraction of sp³-hybridized carbons (Fsp3) is 0.857. The van der Waals surface area contributed by atoms with Gasteiger partial charge in [-0.25, -0.2) is 0 Å². The van der Waals surface area contributed by atoms with Crippen LogP contribution in [0.1, 0.15) is 38.5 Å².